The summed E-state index contributed by atoms with van der Waals surface area (Å²) in [4.78, 5) is 15.4. The summed E-state index contributed by atoms with van der Waals surface area (Å²) in [6, 6.07) is 11.1. The van der Waals surface area contributed by atoms with Gasteiger partial charge in [0.05, 0.1) is 41.9 Å². The number of nitrogens with one attached hydrogen (secondary N) is 2. The van der Waals surface area contributed by atoms with E-state index >= 15 is 0 Å². The minimum atomic E-state index is -0.983. The average Bonchev–Trinajstić information content (AvgIpc) is 3.10. The van der Waals surface area contributed by atoms with Crippen LogP contribution >= 0.6 is 11.6 Å². The molecule has 162 valence electrons. The minimum Gasteiger partial charge on any atom is -0.388 e. The summed E-state index contributed by atoms with van der Waals surface area (Å²) in [6.45, 7) is 3.64. The van der Waals surface area contributed by atoms with Crippen molar-refractivity contribution in [2.24, 2.45) is 0 Å². The summed E-state index contributed by atoms with van der Waals surface area (Å²) in [5.41, 5.74) is -0.666. The fraction of sp³-hybridized carbons (Fsp3) is 0.409. The van der Waals surface area contributed by atoms with Gasteiger partial charge in [-0.15, -0.1) is 0 Å². The van der Waals surface area contributed by atoms with Crippen molar-refractivity contribution < 1.29 is 9.84 Å². The van der Waals surface area contributed by atoms with Crippen molar-refractivity contribution in [2.45, 2.75) is 50.4 Å². The normalized spacial score (nSPS) is 21.7. The highest BCUT2D eigenvalue weighted by Crippen LogP contribution is 2.39. The van der Waals surface area contributed by atoms with Gasteiger partial charge in [0.2, 0.25) is 0 Å². The number of H-pyrrole nitrogens is 1. The molecule has 9 heteroatoms. The Morgan fingerprint density at radius 2 is 2.16 bits per heavy atom. The summed E-state index contributed by atoms with van der Waals surface area (Å²) in [5.74, 6) is 0.390. The molecule has 4 rings (SSSR count). The molecule has 8 nitrogen and oxygen atoms in total. The van der Waals surface area contributed by atoms with Crippen LogP contribution in [0.15, 0.2) is 41.3 Å². The van der Waals surface area contributed by atoms with Gasteiger partial charge in [0, 0.05) is 16.9 Å². The van der Waals surface area contributed by atoms with Crippen LogP contribution in [-0.2, 0) is 10.3 Å². The Morgan fingerprint density at radius 3 is 2.77 bits per heavy atom. The Kier molecular flexibility index (Phi) is 5.52. The van der Waals surface area contributed by atoms with Gasteiger partial charge >= 0.3 is 0 Å². The predicted octanol–water partition coefficient (Wildman–Crippen LogP) is 3.68. The summed E-state index contributed by atoms with van der Waals surface area (Å²) < 4.78 is 7.74. The van der Waals surface area contributed by atoms with Crippen LogP contribution in [0.3, 0.4) is 0 Å². The molecule has 31 heavy (non-hydrogen) atoms. The van der Waals surface area contributed by atoms with E-state index in [1.165, 1.54) is 0 Å². The molecule has 0 spiro atoms. The van der Waals surface area contributed by atoms with Crippen LogP contribution in [-0.4, -0.2) is 38.2 Å². The molecule has 3 N–H and O–H groups in total. The van der Waals surface area contributed by atoms with Gasteiger partial charge in [0.25, 0.3) is 5.56 Å². The van der Waals surface area contributed by atoms with Crippen LogP contribution in [0.5, 0.6) is 0 Å². The molecule has 3 aromatic rings. The molecule has 0 aliphatic carbocycles. The molecule has 2 aromatic heterocycles. The first-order chi connectivity index (χ1) is 14.7. The van der Waals surface area contributed by atoms with Crippen LogP contribution in [0.2, 0.25) is 5.02 Å². The van der Waals surface area contributed by atoms with Gasteiger partial charge in [-0.05, 0) is 57.0 Å². The van der Waals surface area contributed by atoms with Gasteiger partial charge in [-0.2, -0.15) is 10.4 Å². The van der Waals surface area contributed by atoms with E-state index < -0.39 is 11.1 Å². The quantitative estimate of drug-likeness (QED) is 0.556. The number of aliphatic hydroxyl groups is 1. The number of hydrogen-bond donors (Lipinski definition) is 3. The fourth-order valence-electron chi connectivity index (χ4n) is 4.09. The topological polar surface area (TPSA) is 116 Å². The lowest BCUT2D eigenvalue weighted by atomic mass is 9.83. The SMILES string of the molecule is CC(C)(O)C1CC[C@@](CC#N)(n2nc(Nc3ccc(Cl)cc3)c3c(=O)[nH]ccc32)CO1. The van der Waals surface area contributed by atoms with Crippen molar-refractivity contribution in [1.29, 1.82) is 5.26 Å². The Balaban J connectivity index is 1.79. The van der Waals surface area contributed by atoms with E-state index in [-0.39, 0.29) is 24.7 Å². The van der Waals surface area contributed by atoms with E-state index in [0.717, 1.165) is 5.69 Å². The van der Waals surface area contributed by atoms with Crippen molar-refractivity contribution in [3.63, 3.8) is 0 Å². The number of rotatable bonds is 5. The maximum absolute atomic E-state index is 12.7. The van der Waals surface area contributed by atoms with E-state index in [4.69, 9.17) is 21.4 Å². The Bertz CT molecular complexity index is 1180. The molecular formula is C22H24ClN5O3. The van der Waals surface area contributed by atoms with Crippen LogP contribution in [0.1, 0.15) is 33.1 Å². The lowest BCUT2D eigenvalue weighted by molar-refractivity contribution is -0.140. The second kappa shape index (κ2) is 8.00. The number of hydrogen-bond acceptors (Lipinski definition) is 6. The van der Waals surface area contributed by atoms with Crippen LogP contribution < -0.4 is 10.9 Å². The van der Waals surface area contributed by atoms with Gasteiger partial charge in [-0.25, -0.2) is 0 Å². The van der Waals surface area contributed by atoms with E-state index in [0.29, 0.717) is 34.6 Å². The van der Waals surface area contributed by atoms with Crippen molar-refractivity contribution >= 4 is 34.0 Å². The largest absolute Gasteiger partial charge is 0.388 e. The lowest BCUT2D eigenvalue weighted by Gasteiger charge is -2.42. The van der Waals surface area contributed by atoms with Crippen molar-refractivity contribution in [1.82, 2.24) is 14.8 Å². The lowest BCUT2D eigenvalue weighted by Crippen LogP contribution is -2.50. The van der Waals surface area contributed by atoms with Gasteiger partial charge in [0.15, 0.2) is 5.82 Å². The molecule has 1 saturated heterocycles. The number of aromatic amines is 1. The second-order valence-electron chi connectivity index (χ2n) is 8.51. The molecule has 3 heterocycles. The van der Waals surface area contributed by atoms with E-state index in [1.54, 1.807) is 55.1 Å². The number of benzene rings is 1. The molecule has 1 aliphatic rings. The molecule has 0 bridgehead atoms. The first kappa shape index (κ1) is 21.4. The van der Waals surface area contributed by atoms with Crippen molar-refractivity contribution in [2.75, 3.05) is 11.9 Å². The Hall–Kier alpha value is -2.86. The predicted molar refractivity (Wildman–Crippen MR) is 119 cm³/mol. The molecular weight excluding hydrogens is 418 g/mol. The number of fused-ring (bicyclic) bond motifs is 1. The van der Waals surface area contributed by atoms with Gasteiger partial charge in [-0.3, -0.25) is 9.48 Å². The van der Waals surface area contributed by atoms with Gasteiger partial charge < -0.3 is 20.1 Å². The second-order valence-corrected chi connectivity index (χ2v) is 8.95. The highest BCUT2D eigenvalue weighted by molar-refractivity contribution is 6.30. The number of pyridine rings is 1. The van der Waals surface area contributed by atoms with E-state index in [9.17, 15) is 15.2 Å². The summed E-state index contributed by atoms with van der Waals surface area (Å²) in [6.07, 6.45) is 2.54. The summed E-state index contributed by atoms with van der Waals surface area (Å²) in [5, 5.41) is 28.8. The van der Waals surface area contributed by atoms with E-state index in [1.807, 2.05) is 0 Å². The average molecular weight is 442 g/mol. The zero-order valence-electron chi connectivity index (χ0n) is 17.4. The number of nitrogens with zero attached hydrogens (tertiary/aromatic N) is 3. The molecule has 2 atom stereocenters. The van der Waals surface area contributed by atoms with Crippen molar-refractivity contribution in [3.8, 4) is 6.07 Å². The highest BCUT2D eigenvalue weighted by Gasteiger charge is 2.43. The maximum atomic E-state index is 12.7. The monoisotopic (exact) mass is 441 g/mol. The fourth-order valence-corrected chi connectivity index (χ4v) is 4.22. The van der Waals surface area contributed by atoms with Gasteiger partial charge in [-0.1, -0.05) is 11.6 Å². The molecule has 1 unspecified atom stereocenters. The first-order valence-electron chi connectivity index (χ1n) is 10.1. The zero-order chi connectivity index (χ0) is 22.2. The molecule has 1 aromatic carbocycles. The number of ether oxygens (including phenoxy) is 1. The van der Waals surface area contributed by atoms with Crippen LogP contribution in [0, 0.1) is 11.3 Å². The van der Waals surface area contributed by atoms with Crippen LogP contribution in [0.4, 0.5) is 11.5 Å². The molecule has 0 amide bonds. The number of aromatic nitrogens is 3. The van der Waals surface area contributed by atoms with Gasteiger partial charge in [0.1, 0.15) is 5.39 Å². The smallest absolute Gasteiger partial charge is 0.261 e. The Labute approximate surface area is 184 Å². The van der Waals surface area contributed by atoms with Crippen molar-refractivity contribution in [3.05, 3.63) is 51.9 Å². The van der Waals surface area contributed by atoms with Crippen LogP contribution in [0.25, 0.3) is 10.9 Å². The maximum Gasteiger partial charge on any atom is 0.261 e. The minimum absolute atomic E-state index is 0.162. The summed E-state index contributed by atoms with van der Waals surface area (Å²) >= 11 is 5.97. The third kappa shape index (κ3) is 4.04. The number of anilines is 2. The molecule has 1 fully saturated rings. The Morgan fingerprint density at radius 1 is 1.42 bits per heavy atom. The molecule has 1 aliphatic heterocycles. The van der Waals surface area contributed by atoms with E-state index in [2.05, 4.69) is 16.4 Å². The third-order valence-corrected chi connectivity index (χ3v) is 6.03. The summed E-state index contributed by atoms with van der Waals surface area (Å²) in [7, 11) is 0. The highest BCUT2D eigenvalue weighted by atomic mass is 35.5. The number of halogens is 1. The molecule has 0 saturated carbocycles. The standard InChI is InChI=1S/C22H24ClN5O3/c1-21(2,30)17-7-9-22(10-11-24,13-31-17)28-16-8-12-25-20(29)18(16)19(27-28)26-15-5-3-14(23)4-6-15/h3-6,8,12,17,30H,7,9-10,13H2,1-2H3,(H,25,29)(H,26,27)/t17?,22-/m0/s1. The zero-order valence-corrected chi connectivity index (χ0v) is 18.1. The third-order valence-electron chi connectivity index (χ3n) is 5.78. The molecule has 0 radical (unpaired) electrons. The number of nitriles is 1. The first-order valence-corrected chi connectivity index (χ1v) is 10.5.